The van der Waals surface area contributed by atoms with Crippen LogP contribution in [0.2, 0.25) is 0 Å². The van der Waals surface area contributed by atoms with Crippen LogP contribution in [0.3, 0.4) is 0 Å². The molecule has 1 aliphatic carbocycles. The van der Waals surface area contributed by atoms with Crippen molar-refractivity contribution in [1.29, 1.82) is 0 Å². The van der Waals surface area contributed by atoms with E-state index in [1.165, 1.54) is 70.9 Å². The monoisotopic (exact) mass is 279 g/mol. The van der Waals surface area contributed by atoms with Crippen LogP contribution in [0.5, 0.6) is 0 Å². The Labute approximate surface area is 122 Å². The molecule has 4 nitrogen and oxygen atoms in total. The van der Waals surface area contributed by atoms with Crippen LogP contribution >= 0.6 is 0 Å². The Hall–Kier alpha value is -0.770. The molecule has 0 bridgehead atoms. The van der Waals surface area contributed by atoms with Crippen molar-refractivity contribution >= 4 is 6.03 Å². The Bertz CT molecular complexity index is 322. The molecule has 1 N–H and O–H groups in total. The zero-order chi connectivity index (χ0) is 13.8. The van der Waals surface area contributed by atoms with Crippen LogP contribution in [0.1, 0.15) is 57.8 Å². The highest BCUT2D eigenvalue weighted by atomic mass is 16.2. The molecule has 4 heteroatoms. The summed E-state index contributed by atoms with van der Waals surface area (Å²) in [6.45, 7) is 4.51. The average molecular weight is 279 g/mol. The highest BCUT2D eigenvalue weighted by Crippen LogP contribution is 2.22. The number of nitrogens with zero attached hydrogens (tertiary/aromatic N) is 2. The molecule has 2 heterocycles. The molecule has 1 atom stereocenters. The first-order valence-electron chi connectivity index (χ1n) is 8.62. The van der Waals surface area contributed by atoms with Crippen LogP contribution in [-0.2, 0) is 0 Å². The van der Waals surface area contributed by atoms with Crippen molar-refractivity contribution in [2.24, 2.45) is 0 Å². The number of hydrogen-bond donors (Lipinski definition) is 1. The van der Waals surface area contributed by atoms with Crippen molar-refractivity contribution in [3.63, 3.8) is 0 Å². The Morgan fingerprint density at radius 1 is 0.900 bits per heavy atom. The number of hydrogen-bond acceptors (Lipinski definition) is 2. The summed E-state index contributed by atoms with van der Waals surface area (Å²) in [4.78, 5) is 17.2. The summed E-state index contributed by atoms with van der Waals surface area (Å²) in [5.74, 6) is 0. The summed E-state index contributed by atoms with van der Waals surface area (Å²) in [6.07, 6.45) is 11.3. The second-order valence-corrected chi connectivity index (χ2v) is 6.78. The van der Waals surface area contributed by atoms with Crippen LogP contribution in [0, 0.1) is 0 Å². The van der Waals surface area contributed by atoms with Crippen molar-refractivity contribution in [2.45, 2.75) is 69.9 Å². The Kier molecular flexibility index (Phi) is 4.81. The molecule has 0 aromatic rings. The summed E-state index contributed by atoms with van der Waals surface area (Å²) >= 11 is 0. The predicted octanol–water partition coefficient (Wildman–Crippen LogP) is 2.59. The second-order valence-electron chi connectivity index (χ2n) is 6.78. The first kappa shape index (κ1) is 14.2. The van der Waals surface area contributed by atoms with Crippen molar-refractivity contribution in [2.75, 3.05) is 26.2 Å². The molecule has 2 amide bonds. The number of rotatable bonds is 3. The number of likely N-dealkylation sites (tertiary alicyclic amines) is 2. The van der Waals surface area contributed by atoms with Gasteiger partial charge < -0.3 is 15.1 Å². The third-order valence-corrected chi connectivity index (χ3v) is 5.24. The van der Waals surface area contributed by atoms with Gasteiger partial charge in [-0.2, -0.15) is 0 Å². The molecule has 0 spiro atoms. The van der Waals surface area contributed by atoms with Gasteiger partial charge in [0.15, 0.2) is 0 Å². The van der Waals surface area contributed by atoms with Gasteiger partial charge in [-0.1, -0.05) is 19.3 Å². The summed E-state index contributed by atoms with van der Waals surface area (Å²) in [7, 11) is 0. The zero-order valence-electron chi connectivity index (χ0n) is 12.6. The number of urea groups is 1. The lowest BCUT2D eigenvalue weighted by molar-refractivity contribution is 0.169. The van der Waals surface area contributed by atoms with Gasteiger partial charge in [0.2, 0.25) is 0 Å². The van der Waals surface area contributed by atoms with Gasteiger partial charge in [0.1, 0.15) is 0 Å². The molecule has 20 heavy (non-hydrogen) atoms. The summed E-state index contributed by atoms with van der Waals surface area (Å²) in [6, 6.07) is 1.10. The van der Waals surface area contributed by atoms with E-state index in [1.807, 2.05) is 0 Å². The third-order valence-electron chi connectivity index (χ3n) is 5.24. The van der Waals surface area contributed by atoms with Gasteiger partial charge in [0.25, 0.3) is 0 Å². The van der Waals surface area contributed by atoms with Crippen LogP contribution in [0.25, 0.3) is 0 Å². The Morgan fingerprint density at radius 3 is 2.40 bits per heavy atom. The third kappa shape index (κ3) is 3.46. The average Bonchev–Trinajstić information content (AvgIpc) is 3.12. The van der Waals surface area contributed by atoms with Crippen LogP contribution in [0.4, 0.5) is 4.79 Å². The second kappa shape index (κ2) is 6.79. The van der Waals surface area contributed by atoms with E-state index in [-0.39, 0.29) is 6.03 Å². The van der Waals surface area contributed by atoms with E-state index in [0.717, 1.165) is 13.1 Å². The maximum Gasteiger partial charge on any atom is 0.317 e. The van der Waals surface area contributed by atoms with E-state index in [9.17, 15) is 4.79 Å². The number of nitrogens with one attached hydrogen (secondary N) is 1. The zero-order valence-corrected chi connectivity index (χ0v) is 12.6. The smallest absolute Gasteiger partial charge is 0.317 e. The lowest BCUT2D eigenvalue weighted by Crippen LogP contribution is -2.50. The molecule has 1 saturated carbocycles. The normalized spacial score (nSPS) is 29.0. The minimum absolute atomic E-state index is 0.207. The van der Waals surface area contributed by atoms with E-state index in [4.69, 9.17) is 0 Å². The van der Waals surface area contributed by atoms with Gasteiger partial charge in [-0.15, -0.1) is 0 Å². The minimum Gasteiger partial charge on any atom is -0.335 e. The lowest BCUT2D eigenvalue weighted by Gasteiger charge is -2.31. The van der Waals surface area contributed by atoms with Crippen molar-refractivity contribution in [3.8, 4) is 0 Å². The summed E-state index contributed by atoms with van der Waals surface area (Å²) < 4.78 is 0. The molecular formula is C16H29N3O. The van der Waals surface area contributed by atoms with Gasteiger partial charge in [0.05, 0.1) is 0 Å². The fourth-order valence-electron chi connectivity index (χ4n) is 4.06. The summed E-state index contributed by atoms with van der Waals surface area (Å²) in [5.41, 5.74) is 0. The molecule has 2 aliphatic heterocycles. The Balaban J connectivity index is 1.49. The van der Waals surface area contributed by atoms with E-state index in [1.54, 1.807) is 0 Å². The van der Waals surface area contributed by atoms with E-state index in [2.05, 4.69) is 15.1 Å². The van der Waals surface area contributed by atoms with Gasteiger partial charge >= 0.3 is 6.03 Å². The maximum absolute atomic E-state index is 12.5. The SMILES string of the molecule is O=C(NC1CCCCC1)N1CCC[C@H]1CN1CCCC1. The number of carbonyl (C=O) groups is 1. The first-order chi connectivity index (χ1) is 9.83. The Morgan fingerprint density at radius 2 is 1.65 bits per heavy atom. The fraction of sp³-hybridized carbons (Fsp3) is 0.938. The topological polar surface area (TPSA) is 35.6 Å². The van der Waals surface area contributed by atoms with E-state index in [0.29, 0.717) is 12.1 Å². The fourth-order valence-corrected chi connectivity index (χ4v) is 4.06. The van der Waals surface area contributed by atoms with Gasteiger partial charge in [0, 0.05) is 25.2 Å². The highest BCUT2D eigenvalue weighted by molar-refractivity contribution is 5.75. The van der Waals surface area contributed by atoms with Gasteiger partial charge in [-0.25, -0.2) is 4.79 Å². The minimum atomic E-state index is 0.207. The highest BCUT2D eigenvalue weighted by Gasteiger charge is 2.31. The van der Waals surface area contributed by atoms with E-state index < -0.39 is 0 Å². The van der Waals surface area contributed by atoms with E-state index >= 15 is 0 Å². The predicted molar refractivity (Wildman–Crippen MR) is 80.8 cm³/mol. The van der Waals surface area contributed by atoms with Crippen LogP contribution < -0.4 is 5.32 Å². The first-order valence-corrected chi connectivity index (χ1v) is 8.62. The van der Waals surface area contributed by atoms with Crippen molar-refractivity contribution in [3.05, 3.63) is 0 Å². The number of carbonyl (C=O) groups excluding carboxylic acids is 1. The molecule has 0 unspecified atom stereocenters. The molecule has 114 valence electrons. The molecule has 3 fully saturated rings. The molecular weight excluding hydrogens is 250 g/mol. The number of amides is 2. The molecule has 0 aromatic heterocycles. The quantitative estimate of drug-likeness (QED) is 0.862. The molecule has 2 saturated heterocycles. The molecule has 3 rings (SSSR count). The molecule has 3 aliphatic rings. The molecule has 0 radical (unpaired) electrons. The summed E-state index contributed by atoms with van der Waals surface area (Å²) in [5, 5.41) is 3.28. The largest absolute Gasteiger partial charge is 0.335 e. The van der Waals surface area contributed by atoms with Gasteiger partial charge in [-0.05, 0) is 51.6 Å². The van der Waals surface area contributed by atoms with Crippen molar-refractivity contribution in [1.82, 2.24) is 15.1 Å². The van der Waals surface area contributed by atoms with Crippen molar-refractivity contribution < 1.29 is 4.79 Å². The molecule has 0 aromatic carbocycles. The van der Waals surface area contributed by atoms with Crippen LogP contribution in [0.15, 0.2) is 0 Å². The maximum atomic E-state index is 12.5. The van der Waals surface area contributed by atoms with Gasteiger partial charge in [-0.3, -0.25) is 0 Å². The van der Waals surface area contributed by atoms with Crippen LogP contribution in [-0.4, -0.2) is 54.1 Å². The standard InChI is InChI=1S/C16H29N3O/c20-16(17-14-7-2-1-3-8-14)19-12-6-9-15(19)13-18-10-4-5-11-18/h14-15H,1-13H2,(H,17,20)/t15-/m0/s1. The lowest BCUT2D eigenvalue weighted by atomic mass is 9.96.